The first kappa shape index (κ1) is 19.8. The average molecular weight is 396 g/mol. The van der Waals surface area contributed by atoms with Crippen molar-refractivity contribution in [3.05, 3.63) is 58.9 Å². The van der Waals surface area contributed by atoms with Crippen LogP contribution >= 0.6 is 12.2 Å². The molecule has 3 rings (SSSR count). The Labute approximate surface area is 170 Å². The molecule has 0 radical (unpaired) electrons. The van der Waals surface area contributed by atoms with Crippen molar-refractivity contribution in [2.45, 2.75) is 20.8 Å². The number of benzene rings is 2. The lowest BCUT2D eigenvalue weighted by Gasteiger charge is -2.20. The van der Waals surface area contributed by atoms with E-state index in [1.165, 1.54) is 5.69 Å². The molecule has 0 aliphatic rings. The first-order valence-electron chi connectivity index (χ1n) is 9.46. The zero-order valence-corrected chi connectivity index (χ0v) is 17.2. The van der Waals surface area contributed by atoms with Gasteiger partial charge in [-0.2, -0.15) is 14.9 Å². The fraction of sp³-hybridized carbons (Fsp3) is 0.286. The van der Waals surface area contributed by atoms with E-state index in [4.69, 9.17) is 17.0 Å². The third-order valence-corrected chi connectivity index (χ3v) is 4.68. The molecule has 2 aromatic carbocycles. The van der Waals surface area contributed by atoms with Gasteiger partial charge in [-0.3, -0.25) is 0 Å². The van der Waals surface area contributed by atoms with Crippen LogP contribution in [0.3, 0.4) is 0 Å². The highest BCUT2D eigenvalue weighted by molar-refractivity contribution is 7.71. The zero-order chi connectivity index (χ0) is 19.9. The maximum absolute atomic E-state index is 5.49. The Kier molecular flexibility index (Phi) is 6.60. The van der Waals surface area contributed by atoms with E-state index in [0.29, 0.717) is 17.2 Å². The number of H-pyrrole nitrogens is 1. The minimum atomic E-state index is 0.444. The minimum absolute atomic E-state index is 0.444. The molecule has 3 aromatic rings. The molecule has 0 saturated carbocycles. The molecule has 0 saturated heterocycles. The van der Waals surface area contributed by atoms with E-state index in [1.54, 1.807) is 10.9 Å². The van der Waals surface area contributed by atoms with E-state index in [0.717, 1.165) is 30.0 Å². The third kappa shape index (κ3) is 4.48. The minimum Gasteiger partial charge on any atom is -0.494 e. The van der Waals surface area contributed by atoms with Gasteiger partial charge >= 0.3 is 0 Å². The third-order valence-electron chi connectivity index (χ3n) is 4.42. The van der Waals surface area contributed by atoms with Gasteiger partial charge in [0.15, 0.2) is 5.82 Å². The summed E-state index contributed by atoms with van der Waals surface area (Å²) in [6.45, 7) is 8.88. The van der Waals surface area contributed by atoms with E-state index < -0.39 is 0 Å². The van der Waals surface area contributed by atoms with Crippen molar-refractivity contribution < 1.29 is 4.74 Å². The first-order chi connectivity index (χ1) is 13.7. The molecule has 0 atom stereocenters. The Morgan fingerprint density at radius 3 is 2.36 bits per heavy atom. The van der Waals surface area contributed by atoms with Gasteiger partial charge in [0.05, 0.1) is 12.8 Å². The highest BCUT2D eigenvalue weighted by Gasteiger charge is 2.08. The molecule has 0 aliphatic heterocycles. The summed E-state index contributed by atoms with van der Waals surface area (Å²) in [5.41, 5.74) is 3.11. The zero-order valence-electron chi connectivity index (χ0n) is 16.4. The van der Waals surface area contributed by atoms with Crippen LogP contribution in [0.1, 0.15) is 26.3 Å². The summed E-state index contributed by atoms with van der Waals surface area (Å²) in [5.74, 6) is 1.48. The van der Waals surface area contributed by atoms with Crippen LogP contribution in [-0.2, 0) is 0 Å². The molecule has 0 bridgehead atoms. The number of anilines is 1. The van der Waals surface area contributed by atoms with E-state index in [9.17, 15) is 0 Å². The van der Waals surface area contributed by atoms with Crippen molar-refractivity contribution in [1.82, 2.24) is 14.9 Å². The quantitative estimate of drug-likeness (QED) is 0.442. The normalized spacial score (nSPS) is 11.1. The Hall–Kier alpha value is -2.93. The van der Waals surface area contributed by atoms with Gasteiger partial charge in [0.2, 0.25) is 4.77 Å². The molecule has 0 amide bonds. The van der Waals surface area contributed by atoms with Gasteiger partial charge in [-0.05, 0) is 75.0 Å². The highest BCUT2D eigenvalue weighted by Crippen LogP contribution is 2.21. The van der Waals surface area contributed by atoms with Crippen LogP contribution in [0.4, 0.5) is 5.69 Å². The lowest BCUT2D eigenvalue weighted by molar-refractivity contribution is 0.340. The van der Waals surface area contributed by atoms with Crippen molar-refractivity contribution in [2.24, 2.45) is 5.10 Å². The highest BCUT2D eigenvalue weighted by atomic mass is 32.1. The Bertz CT molecular complexity index is 969. The van der Waals surface area contributed by atoms with Crippen molar-refractivity contribution in [3.63, 3.8) is 0 Å². The Morgan fingerprint density at radius 2 is 1.75 bits per heavy atom. The van der Waals surface area contributed by atoms with Crippen LogP contribution in [0.5, 0.6) is 5.75 Å². The average Bonchev–Trinajstić information content (AvgIpc) is 3.09. The first-order valence-corrected chi connectivity index (χ1v) is 9.87. The van der Waals surface area contributed by atoms with Crippen LogP contribution < -0.4 is 9.64 Å². The van der Waals surface area contributed by atoms with Crippen LogP contribution in [0.2, 0.25) is 0 Å². The van der Waals surface area contributed by atoms with Gasteiger partial charge in [-0.15, -0.1) is 0 Å². The summed E-state index contributed by atoms with van der Waals surface area (Å²) in [6, 6.07) is 16.0. The van der Waals surface area contributed by atoms with Gasteiger partial charge in [0.1, 0.15) is 5.75 Å². The molecule has 1 heterocycles. The molecule has 28 heavy (non-hydrogen) atoms. The van der Waals surface area contributed by atoms with E-state index in [1.807, 2.05) is 31.2 Å². The number of aromatic nitrogens is 3. The fourth-order valence-electron chi connectivity index (χ4n) is 2.94. The van der Waals surface area contributed by atoms with Crippen LogP contribution in [0.15, 0.2) is 53.6 Å². The van der Waals surface area contributed by atoms with Gasteiger partial charge in [0.25, 0.3) is 0 Å². The number of hydrogen-bond donors (Lipinski definition) is 1. The Balaban J connectivity index is 1.83. The van der Waals surface area contributed by atoms with Crippen molar-refractivity contribution in [1.29, 1.82) is 0 Å². The lowest BCUT2D eigenvalue weighted by Crippen LogP contribution is -2.21. The predicted molar refractivity (Wildman–Crippen MR) is 117 cm³/mol. The monoisotopic (exact) mass is 395 g/mol. The van der Waals surface area contributed by atoms with Gasteiger partial charge in [0, 0.05) is 24.3 Å². The molecule has 0 aliphatic carbocycles. The second-order valence-corrected chi connectivity index (χ2v) is 6.52. The number of nitrogens with zero attached hydrogens (tertiary/aromatic N) is 4. The summed E-state index contributed by atoms with van der Waals surface area (Å²) < 4.78 is 7.56. The molecule has 7 heteroatoms. The largest absolute Gasteiger partial charge is 0.494 e. The number of hydrogen-bond acceptors (Lipinski definition) is 5. The maximum atomic E-state index is 5.49. The van der Waals surface area contributed by atoms with Crippen molar-refractivity contribution >= 4 is 24.1 Å². The van der Waals surface area contributed by atoms with Gasteiger partial charge in [-0.25, -0.2) is 5.10 Å². The molecule has 0 spiro atoms. The molecular formula is C21H25N5OS. The number of nitrogens with one attached hydrogen (secondary N) is 1. The number of ether oxygens (including phenoxy) is 1. The molecule has 146 valence electrons. The Morgan fingerprint density at radius 1 is 1.07 bits per heavy atom. The second-order valence-electron chi connectivity index (χ2n) is 6.13. The molecule has 1 aromatic heterocycles. The molecular weight excluding hydrogens is 370 g/mol. The summed E-state index contributed by atoms with van der Waals surface area (Å²) in [7, 11) is 0. The van der Waals surface area contributed by atoms with Crippen molar-refractivity contribution in [3.8, 4) is 17.1 Å². The molecule has 1 N–H and O–H groups in total. The smallest absolute Gasteiger partial charge is 0.216 e. The van der Waals surface area contributed by atoms with E-state index >= 15 is 0 Å². The van der Waals surface area contributed by atoms with E-state index in [-0.39, 0.29) is 0 Å². The van der Waals surface area contributed by atoms with Crippen LogP contribution in [0, 0.1) is 4.77 Å². The molecule has 0 unspecified atom stereocenters. The lowest BCUT2D eigenvalue weighted by atomic mass is 10.2. The topological polar surface area (TPSA) is 58.4 Å². The van der Waals surface area contributed by atoms with E-state index in [2.05, 4.69) is 58.3 Å². The summed E-state index contributed by atoms with van der Waals surface area (Å²) in [6.07, 6.45) is 1.79. The summed E-state index contributed by atoms with van der Waals surface area (Å²) >= 11 is 5.34. The standard InChI is InChI=1S/C21H25N5OS/c1-4-25(5-2)18-11-7-16(8-12-18)15-22-26-20(23-24-21(26)28)17-9-13-19(14-10-17)27-6-3/h7-15H,4-6H2,1-3H3,(H,24,28). The maximum Gasteiger partial charge on any atom is 0.216 e. The summed E-state index contributed by atoms with van der Waals surface area (Å²) in [5, 5.41) is 11.7. The second kappa shape index (κ2) is 9.32. The number of aromatic amines is 1. The predicted octanol–water partition coefficient (Wildman–Crippen LogP) is 4.73. The van der Waals surface area contributed by atoms with Gasteiger partial charge < -0.3 is 9.64 Å². The molecule has 0 fully saturated rings. The van der Waals surface area contributed by atoms with Crippen molar-refractivity contribution in [2.75, 3.05) is 24.6 Å². The van der Waals surface area contributed by atoms with Crippen LogP contribution in [0.25, 0.3) is 11.4 Å². The fourth-order valence-corrected chi connectivity index (χ4v) is 3.12. The molecule has 6 nitrogen and oxygen atoms in total. The summed E-state index contributed by atoms with van der Waals surface area (Å²) in [4.78, 5) is 2.30. The van der Waals surface area contributed by atoms with Gasteiger partial charge in [-0.1, -0.05) is 12.1 Å². The number of rotatable bonds is 8. The SMILES string of the molecule is CCOc1ccc(-c2n[nH]c(=S)n2N=Cc2ccc(N(CC)CC)cc2)cc1. The van der Waals surface area contributed by atoms with Crippen LogP contribution in [-0.4, -0.2) is 40.8 Å².